The smallest absolute Gasteiger partial charge is 0.242 e. The van der Waals surface area contributed by atoms with Gasteiger partial charge in [-0.1, -0.05) is 17.7 Å². The largest absolute Gasteiger partial charge is 0.492 e. The Morgan fingerprint density at radius 3 is 2.00 bits per heavy atom. The average molecular weight is 498 g/mol. The fourth-order valence-electron chi connectivity index (χ4n) is 3.39. The van der Waals surface area contributed by atoms with E-state index in [0.29, 0.717) is 11.4 Å². The van der Waals surface area contributed by atoms with Gasteiger partial charge in [0.25, 0.3) is 0 Å². The molecule has 1 N–H and O–H groups in total. The molecule has 0 bridgehead atoms. The number of carbonyl (C=O) groups is 1. The molecule has 182 valence electrons. The molecule has 2 aromatic carbocycles. The molecule has 33 heavy (non-hydrogen) atoms. The zero-order valence-electron chi connectivity index (χ0n) is 19.7. The first-order chi connectivity index (χ1) is 15.2. The van der Waals surface area contributed by atoms with Gasteiger partial charge in [-0.3, -0.25) is 9.10 Å². The Bertz CT molecular complexity index is 1180. The van der Waals surface area contributed by atoms with Gasteiger partial charge < -0.3 is 10.1 Å². The molecular weight excluding hydrogens is 466 g/mol. The normalized spacial score (nSPS) is 12.0. The molecule has 0 aliphatic heterocycles. The van der Waals surface area contributed by atoms with Crippen LogP contribution in [-0.2, 0) is 24.8 Å². The summed E-state index contributed by atoms with van der Waals surface area (Å²) in [6.07, 6.45) is 1.07. The van der Waals surface area contributed by atoms with Gasteiger partial charge in [0, 0.05) is 14.1 Å². The summed E-state index contributed by atoms with van der Waals surface area (Å²) in [5.74, 6) is -0.0125. The summed E-state index contributed by atoms with van der Waals surface area (Å²) in [6.45, 7) is 5.49. The zero-order chi connectivity index (χ0) is 25.0. The molecule has 11 heteroatoms. The summed E-state index contributed by atoms with van der Waals surface area (Å²) >= 11 is 0. The van der Waals surface area contributed by atoms with Crippen LogP contribution in [0.25, 0.3) is 0 Å². The highest BCUT2D eigenvalue weighted by atomic mass is 32.2. The summed E-state index contributed by atoms with van der Waals surface area (Å²) in [5, 5.41) is 2.65. The number of aryl methyl sites for hydroxylation is 3. The first-order valence-corrected chi connectivity index (χ1v) is 13.5. The second-order valence-corrected chi connectivity index (χ2v) is 12.0. The van der Waals surface area contributed by atoms with Crippen LogP contribution in [0.3, 0.4) is 0 Å². The van der Waals surface area contributed by atoms with Crippen molar-refractivity contribution in [3.05, 3.63) is 53.1 Å². The topological polar surface area (TPSA) is 113 Å². The van der Waals surface area contributed by atoms with Gasteiger partial charge in [0.2, 0.25) is 26.0 Å². The minimum Gasteiger partial charge on any atom is -0.492 e. The summed E-state index contributed by atoms with van der Waals surface area (Å²) in [4.78, 5) is 12.6. The van der Waals surface area contributed by atoms with Crippen molar-refractivity contribution in [1.82, 2.24) is 9.62 Å². The highest BCUT2D eigenvalue weighted by molar-refractivity contribution is 7.92. The molecule has 0 aromatic heterocycles. The van der Waals surface area contributed by atoms with Crippen LogP contribution in [0.2, 0.25) is 0 Å². The van der Waals surface area contributed by atoms with Crippen LogP contribution in [0.1, 0.15) is 16.7 Å². The summed E-state index contributed by atoms with van der Waals surface area (Å²) < 4.78 is 56.7. The molecule has 0 fully saturated rings. The van der Waals surface area contributed by atoms with Crippen LogP contribution < -0.4 is 14.4 Å². The lowest BCUT2D eigenvalue weighted by molar-refractivity contribution is -0.119. The fraction of sp³-hybridized carbons (Fsp3) is 0.409. The molecule has 0 atom stereocenters. The van der Waals surface area contributed by atoms with Gasteiger partial charge in [-0.25, -0.2) is 21.1 Å². The van der Waals surface area contributed by atoms with Gasteiger partial charge in [0.05, 0.1) is 23.4 Å². The van der Waals surface area contributed by atoms with Crippen LogP contribution >= 0.6 is 0 Å². The number of rotatable bonds is 10. The number of carbonyl (C=O) groups excluding carboxylic acids is 1. The van der Waals surface area contributed by atoms with Crippen molar-refractivity contribution in [1.29, 1.82) is 0 Å². The van der Waals surface area contributed by atoms with E-state index in [9.17, 15) is 21.6 Å². The second kappa shape index (κ2) is 10.5. The van der Waals surface area contributed by atoms with Crippen LogP contribution in [0.15, 0.2) is 41.3 Å². The molecule has 1 amide bonds. The Labute approximate surface area is 196 Å². The standard InChI is InChI=1S/C22H31N3O6S2/c1-16-13-17(2)22(18(3)14-16)25(32(6,27)28)15-21(26)23-11-12-31-19-7-9-20(10-8-19)33(29,30)24(4)5/h7-10,13-14H,11-12,15H2,1-6H3,(H,23,26). The maximum Gasteiger partial charge on any atom is 0.242 e. The van der Waals surface area contributed by atoms with E-state index in [-0.39, 0.29) is 24.6 Å². The Balaban J connectivity index is 1.96. The molecule has 0 aliphatic carbocycles. The van der Waals surface area contributed by atoms with Crippen molar-refractivity contribution in [3.63, 3.8) is 0 Å². The predicted octanol–water partition coefficient (Wildman–Crippen LogP) is 1.82. The third-order valence-electron chi connectivity index (χ3n) is 4.87. The number of anilines is 1. The quantitative estimate of drug-likeness (QED) is 0.501. The maximum absolute atomic E-state index is 12.4. The van der Waals surface area contributed by atoms with E-state index in [1.165, 1.54) is 38.4 Å². The van der Waals surface area contributed by atoms with E-state index in [4.69, 9.17) is 4.74 Å². The molecule has 0 saturated carbocycles. The lowest BCUT2D eigenvalue weighted by Crippen LogP contribution is -2.42. The first kappa shape index (κ1) is 26.6. The third kappa shape index (κ3) is 6.92. The lowest BCUT2D eigenvalue weighted by atomic mass is 10.1. The Morgan fingerprint density at radius 2 is 1.52 bits per heavy atom. The molecule has 0 spiro atoms. The second-order valence-electron chi connectivity index (χ2n) is 7.97. The number of ether oxygens (including phenoxy) is 1. The molecule has 0 radical (unpaired) electrons. The molecule has 0 heterocycles. The van der Waals surface area contributed by atoms with Crippen molar-refractivity contribution < 1.29 is 26.4 Å². The van der Waals surface area contributed by atoms with Crippen LogP contribution in [0.5, 0.6) is 5.75 Å². The van der Waals surface area contributed by atoms with Crippen molar-refractivity contribution >= 4 is 31.6 Å². The van der Waals surface area contributed by atoms with Crippen molar-refractivity contribution in [3.8, 4) is 5.75 Å². The predicted molar refractivity (Wildman–Crippen MR) is 129 cm³/mol. The summed E-state index contributed by atoms with van der Waals surface area (Å²) in [6, 6.07) is 9.71. The minimum atomic E-state index is -3.68. The van der Waals surface area contributed by atoms with Gasteiger partial charge in [0.15, 0.2) is 0 Å². The van der Waals surface area contributed by atoms with E-state index in [0.717, 1.165) is 31.6 Å². The minimum absolute atomic E-state index is 0.132. The molecule has 0 unspecified atom stereocenters. The SMILES string of the molecule is Cc1cc(C)c(N(CC(=O)NCCOc2ccc(S(=O)(=O)N(C)C)cc2)S(C)(=O)=O)c(C)c1. The van der Waals surface area contributed by atoms with Gasteiger partial charge >= 0.3 is 0 Å². The molecule has 9 nitrogen and oxygen atoms in total. The first-order valence-electron chi connectivity index (χ1n) is 10.2. The van der Waals surface area contributed by atoms with Crippen molar-refractivity contribution in [2.24, 2.45) is 0 Å². The summed E-state index contributed by atoms with van der Waals surface area (Å²) in [5.41, 5.74) is 3.06. The van der Waals surface area contributed by atoms with Gasteiger partial charge in [-0.15, -0.1) is 0 Å². The van der Waals surface area contributed by atoms with E-state index in [2.05, 4.69) is 5.32 Å². The number of hydrogen-bond acceptors (Lipinski definition) is 6. The number of sulfonamides is 2. The highest BCUT2D eigenvalue weighted by Crippen LogP contribution is 2.28. The lowest BCUT2D eigenvalue weighted by Gasteiger charge is -2.26. The van der Waals surface area contributed by atoms with Gasteiger partial charge in [0.1, 0.15) is 18.9 Å². The van der Waals surface area contributed by atoms with E-state index in [1.807, 2.05) is 32.9 Å². The monoisotopic (exact) mass is 497 g/mol. The van der Waals surface area contributed by atoms with E-state index < -0.39 is 26.0 Å². The summed E-state index contributed by atoms with van der Waals surface area (Å²) in [7, 11) is -4.29. The van der Waals surface area contributed by atoms with Crippen LogP contribution in [0.4, 0.5) is 5.69 Å². The molecule has 0 aliphatic rings. The molecule has 2 rings (SSSR count). The third-order valence-corrected chi connectivity index (χ3v) is 7.81. The Kier molecular flexibility index (Phi) is 8.50. The molecular formula is C22H31N3O6S2. The van der Waals surface area contributed by atoms with Crippen LogP contribution in [0, 0.1) is 20.8 Å². The molecule has 0 saturated heterocycles. The number of hydrogen-bond donors (Lipinski definition) is 1. The van der Waals surface area contributed by atoms with Gasteiger partial charge in [-0.2, -0.15) is 0 Å². The fourth-order valence-corrected chi connectivity index (χ4v) is 5.27. The highest BCUT2D eigenvalue weighted by Gasteiger charge is 2.24. The van der Waals surface area contributed by atoms with Crippen molar-refractivity contribution in [2.45, 2.75) is 25.7 Å². The zero-order valence-corrected chi connectivity index (χ0v) is 21.4. The van der Waals surface area contributed by atoms with E-state index in [1.54, 1.807) is 0 Å². The number of nitrogens with zero attached hydrogens (tertiary/aromatic N) is 2. The number of benzene rings is 2. The van der Waals surface area contributed by atoms with Crippen molar-refractivity contribution in [2.75, 3.05) is 44.4 Å². The average Bonchev–Trinajstić information content (AvgIpc) is 2.69. The number of nitrogens with one attached hydrogen (secondary N) is 1. The van der Waals surface area contributed by atoms with Gasteiger partial charge in [-0.05, 0) is 56.2 Å². The molecule has 2 aromatic rings. The Hall–Kier alpha value is -2.63. The Morgan fingerprint density at radius 1 is 0.970 bits per heavy atom. The number of amides is 1. The van der Waals surface area contributed by atoms with Crippen LogP contribution in [-0.4, -0.2) is 67.1 Å². The maximum atomic E-state index is 12.4. The van der Waals surface area contributed by atoms with E-state index >= 15 is 0 Å².